The van der Waals surface area contributed by atoms with Crippen LogP contribution in [0.3, 0.4) is 0 Å². The summed E-state index contributed by atoms with van der Waals surface area (Å²) in [7, 11) is 0. The average molecular weight is 380 g/mol. The molecule has 0 aliphatic rings. The van der Waals surface area contributed by atoms with E-state index in [0.29, 0.717) is 12.3 Å². The van der Waals surface area contributed by atoms with E-state index in [1.165, 1.54) is 4.80 Å². The Morgan fingerprint density at radius 1 is 1.14 bits per heavy atom. The fourth-order valence-electron chi connectivity index (χ4n) is 3.05. The van der Waals surface area contributed by atoms with Gasteiger partial charge in [0.2, 0.25) is 0 Å². The molecule has 2 aromatic carbocycles. The van der Waals surface area contributed by atoms with Crippen LogP contribution < -0.4 is 0 Å². The highest BCUT2D eigenvalue weighted by Crippen LogP contribution is 2.38. The zero-order valence-electron chi connectivity index (χ0n) is 17.4. The number of allylic oxidation sites excluding steroid dienone is 1. The maximum atomic E-state index is 11.1. The normalized spacial score (nSPS) is 11.6. The number of rotatable bonds is 7. The van der Waals surface area contributed by atoms with E-state index >= 15 is 0 Å². The number of benzene rings is 2. The summed E-state index contributed by atoms with van der Waals surface area (Å²) in [5.74, 6) is 0.237. The van der Waals surface area contributed by atoms with E-state index in [1.54, 1.807) is 6.26 Å². The largest absolute Gasteiger partial charge is 0.505 e. The van der Waals surface area contributed by atoms with E-state index < -0.39 is 0 Å². The first-order chi connectivity index (χ1) is 13.3. The van der Waals surface area contributed by atoms with Crippen LogP contribution in [0.25, 0.3) is 16.7 Å². The van der Waals surface area contributed by atoms with Crippen molar-refractivity contribution in [3.05, 3.63) is 59.4 Å². The van der Waals surface area contributed by atoms with Crippen LogP contribution in [0.5, 0.6) is 5.75 Å². The molecule has 5 nitrogen and oxygen atoms in total. The number of phenols is 1. The first-order valence-electron chi connectivity index (χ1n) is 9.75. The maximum absolute atomic E-state index is 11.1. The van der Waals surface area contributed by atoms with Gasteiger partial charge in [0.05, 0.1) is 12.9 Å². The molecule has 1 N–H and O–H groups in total. The van der Waals surface area contributed by atoms with Gasteiger partial charge in [-0.3, -0.25) is 0 Å². The van der Waals surface area contributed by atoms with Crippen molar-refractivity contribution < 1.29 is 9.84 Å². The predicted molar refractivity (Wildman–Crippen MR) is 113 cm³/mol. The molecule has 1 heterocycles. The third-order valence-corrected chi connectivity index (χ3v) is 5.09. The lowest BCUT2D eigenvalue weighted by atomic mass is 9.80. The SMILES string of the molecule is CCC(C)(C)c1cc(CCOC=C(C)C)cc(-n2nc3ccccc3n2)c1O. The van der Waals surface area contributed by atoms with Crippen LogP contribution in [0.15, 0.2) is 48.2 Å². The van der Waals surface area contributed by atoms with Gasteiger partial charge >= 0.3 is 0 Å². The minimum Gasteiger partial charge on any atom is -0.505 e. The first-order valence-corrected chi connectivity index (χ1v) is 9.75. The average Bonchev–Trinajstić information content (AvgIpc) is 3.09. The lowest BCUT2D eigenvalue weighted by molar-refractivity contribution is 0.250. The van der Waals surface area contributed by atoms with Crippen molar-refractivity contribution in [2.24, 2.45) is 0 Å². The summed E-state index contributed by atoms with van der Waals surface area (Å²) in [6.45, 7) is 11.0. The fourth-order valence-corrected chi connectivity index (χ4v) is 3.05. The predicted octanol–water partition coefficient (Wildman–Crippen LogP) is 5.30. The number of hydrogen-bond acceptors (Lipinski definition) is 4. The standard InChI is InChI=1S/C23H29N3O2/c1-6-23(4,5)18-13-17(11-12-28-15-16(2)3)14-21(22(18)27)26-24-19-9-7-8-10-20(19)25-26/h7-10,13-15,27H,6,11-12H2,1-5H3. The van der Waals surface area contributed by atoms with Crippen LogP contribution in [0.2, 0.25) is 0 Å². The van der Waals surface area contributed by atoms with Crippen LogP contribution in [0, 0.1) is 0 Å². The van der Waals surface area contributed by atoms with E-state index in [2.05, 4.69) is 37.0 Å². The fraction of sp³-hybridized carbons (Fsp3) is 0.391. The number of hydrogen-bond donors (Lipinski definition) is 1. The van der Waals surface area contributed by atoms with Crippen LogP contribution in [0.4, 0.5) is 0 Å². The molecule has 0 aliphatic carbocycles. The summed E-state index contributed by atoms with van der Waals surface area (Å²) in [5, 5.41) is 20.2. The van der Waals surface area contributed by atoms with Crippen LogP contribution >= 0.6 is 0 Å². The van der Waals surface area contributed by atoms with Crippen molar-refractivity contribution in [2.45, 2.75) is 52.9 Å². The Kier molecular flexibility index (Phi) is 5.73. The van der Waals surface area contributed by atoms with Crippen molar-refractivity contribution in [1.29, 1.82) is 0 Å². The number of ether oxygens (including phenoxy) is 1. The van der Waals surface area contributed by atoms with Gasteiger partial charge in [-0.1, -0.05) is 39.0 Å². The van der Waals surface area contributed by atoms with E-state index in [1.807, 2.05) is 44.2 Å². The third-order valence-electron chi connectivity index (χ3n) is 5.09. The van der Waals surface area contributed by atoms with Gasteiger partial charge in [-0.25, -0.2) is 0 Å². The Labute approximate surface area is 166 Å². The van der Waals surface area contributed by atoms with Gasteiger partial charge < -0.3 is 9.84 Å². The minimum atomic E-state index is -0.164. The summed E-state index contributed by atoms with van der Waals surface area (Å²) in [4.78, 5) is 1.54. The van der Waals surface area contributed by atoms with Gasteiger partial charge in [0.25, 0.3) is 0 Å². The van der Waals surface area contributed by atoms with Crippen LogP contribution in [-0.4, -0.2) is 26.7 Å². The second-order valence-corrected chi connectivity index (χ2v) is 8.04. The molecule has 0 atom stereocenters. The highest BCUT2D eigenvalue weighted by molar-refractivity contribution is 5.73. The zero-order chi connectivity index (χ0) is 20.3. The summed E-state index contributed by atoms with van der Waals surface area (Å²) in [5.41, 5.74) is 5.17. The molecule has 1 aromatic heterocycles. The molecule has 28 heavy (non-hydrogen) atoms. The molecule has 148 valence electrons. The summed E-state index contributed by atoms with van der Waals surface area (Å²) in [6.07, 6.45) is 3.43. The number of phenolic OH excluding ortho intramolecular Hbond substituents is 1. The quantitative estimate of drug-likeness (QED) is 0.447. The maximum Gasteiger partial charge on any atom is 0.146 e. The van der Waals surface area contributed by atoms with E-state index in [-0.39, 0.29) is 11.2 Å². The highest BCUT2D eigenvalue weighted by atomic mass is 16.5. The lowest BCUT2D eigenvalue weighted by Crippen LogP contribution is -2.17. The van der Waals surface area contributed by atoms with E-state index in [0.717, 1.165) is 40.6 Å². The van der Waals surface area contributed by atoms with Crippen molar-refractivity contribution in [1.82, 2.24) is 15.0 Å². The Morgan fingerprint density at radius 2 is 1.79 bits per heavy atom. The molecule has 3 aromatic rings. The van der Waals surface area contributed by atoms with Crippen molar-refractivity contribution in [2.75, 3.05) is 6.61 Å². The van der Waals surface area contributed by atoms with Crippen molar-refractivity contribution >= 4 is 11.0 Å². The van der Waals surface area contributed by atoms with Crippen molar-refractivity contribution in [3.8, 4) is 11.4 Å². The van der Waals surface area contributed by atoms with Crippen LogP contribution in [0.1, 0.15) is 52.2 Å². The van der Waals surface area contributed by atoms with Gasteiger partial charge in [-0.2, -0.15) is 0 Å². The topological polar surface area (TPSA) is 60.2 Å². The second-order valence-electron chi connectivity index (χ2n) is 8.04. The lowest BCUT2D eigenvalue weighted by Gasteiger charge is -2.26. The second kappa shape index (κ2) is 8.05. The molecule has 0 fully saturated rings. The van der Waals surface area contributed by atoms with Gasteiger partial charge in [-0.15, -0.1) is 15.0 Å². The number of fused-ring (bicyclic) bond motifs is 1. The van der Waals surface area contributed by atoms with Gasteiger partial charge in [0, 0.05) is 12.0 Å². The molecule has 0 amide bonds. The summed E-state index contributed by atoms with van der Waals surface area (Å²) < 4.78 is 5.61. The Hall–Kier alpha value is -2.82. The van der Waals surface area contributed by atoms with Crippen molar-refractivity contribution in [3.63, 3.8) is 0 Å². The number of nitrogens with zero attached hydrogens (tertiary/aromatic N) is 3. The van der Waals surface area contributed by atoms with E-state index in [4.69, 9.17) is 4.74 Å². The van der Waals surface area contributed by atoms with Gasteiger partial charge in [0.15, 0.2) is 0 Å². The minimum absolute atomic E-state index is 0.164. The highest BCUT2D eigenvalue weighted by Gasteiger charge is 2.25. The molecule has 0 radical (unpaired) electrons. The number of aromatic hydroxyl groups is 1. The molecule has 0 unspecified atom stereocenters. The molecular weight excluding hydrogens is 350 g/mol. The number of aromatic nitrogens is 3. The Morgan fingerprint density at radius 3 is 2.36 bits per heavy atom. The smallest absolute Gasteiger partial charge is 0.146 e. The first kappa shape index (κ1) is 19.9. The van der Waals surface area contributed by atoms with Gasteiger partial charge in [0.1, 0.15) is 22.5 Å². The summed E-state index contributed by atoms with van der Waals surface area (Å²) >= 11 is 0. The molecule has 0 spiro atoms. The Balaban J connectivity index is 2.05. The molecule has 5 heteroatoms. The van der Waals surface area contributed by atoms with E-state index in [9.17, 15) is 5.11 Å². The molecule has 0 bridgehead atoms. The Bertz CT molecular complexity index is 965. The molecular formula is C23H29N3O2. The monoisotopic (exact) mass is 379 g/mol. The third kappa shape index (κ3) is 4.19. The molecule has 0 aliphatic heterocycles. The van der Waals surface area contributed by atoms with Gasteiger partial charge in [-0.05, 0) is 55.0 Å². The molecule has 3 rings (SSSR count). The van der Waals surface area contributed by atoms with Crippen LogP contribution in [-0.2, 0) is 16.6 Å². The molecule has 0 saturated heterocycles. The molecule has 0 saturated carbocycles. The zero-order valence-corrected chi connectivity index (χ0v) is 17.4. The summed E-state index contributed by atoms with van der Waals surface area (Å²) in [6, 6.07) is 11.7.